The van der Waals surface area contributed by atoms with Gasteiger partial charge in [0.25, 0.3) is 0 Å². The van der Waals surface area contributed by atoms with Gasteiger partial charge in [0.05, 0.1) is 6.04 Å². The average molecular weight is 666 g/mol. The smallest absolute Gasteiger partial charge is 0.247 e. The molecule has 14 heteroatoms. The number of benzene rings is 2. The molecular weight excluding hydrogens is 629 g/mol. The van der Waals surface area contributed by atoms with E-state index in [0.29, 0.717) is 28.3 Å². The number of carbonyl (C=O) groups excluding carboxylic acids is 1. The van der Waals surface area contributed by atoms with E-state index in [1.54, 1.807) is 30.3 Å². The van der Waals surface area contributed by atoms with Crippen LogP contribution in [0.3, 0.4) is 0 Å². The third kappa shape index (κ3) is 7.32. The number of hydrogen-bond acceptors (Lipinski definition) is 11. The molecule has 1 amide bonds. The van der Waals surface area contributed by atoms with Crippen molar-refractivity contribution in [1.82, 2.24) is 5.32 Å². The first-order valence-corrected chi connectivity index (χ1v) is 15.2. The number of ether oxygens (including phenoxy) is 5. The number of aliphatic hydroxyl groups excluding tert-OH is 4. The highest BCUT2D eigenvalue weighted by atomic mass is 35.5. The van der Waals surface area contributed by atoms with Crippen molar-refractivity contribution in [3.05, 3.63) is 70.3 Å². The molecule has 6 N–H and O–H groups in total. The quantitative estimate of drug-likeness (QED) is 0.162. The van der Waals surface area contributed by atoms with Gasteiger partial charge >= 0.3 is 0 Å². The first-order chi connectivity index (χ1) is 22.0. The number of amides is 1. The van der Waals surface area contributed by atoms with E-state index in [1.165, 1.54) is 31.2 Å². The lowest BCUT2D eigenvalue weighted by Gasteiger charge is -2.41. The van der Waals surface area contributed by atoms with Gasteiger partial charge < -0.3 is 54.5 Å². The number of phenolic OH excluding ortho intramolecular Hbond substituents is 1. The molecule has 10 atom stereocenters. The molecule has 3 aliphatic rings. The second kappa shape index (κ2) is 14.7. The fourth-order valence-electron chi connectivity index (χ4n) is 5.68. The Kier molecular flexibility index (Phi) is 10.9. The number of nitrogens with one attached hydrogen (secondary N) is 1. The summed E-state index contributed by atoms with van der Waals surface area (Å²) < 4.78 is 42.6. The van der Waals surface area contributed by atoms with Crippen molar-refractivity contribution in [3.63, 3.8) is 0 Å². The molecule has 0 bridgehead atoms. The van der Waals surface area contributed by atoms with Crippen LogP contribution in [0.4, 0.5) is 4.39 Å². The third-order valence-corrected chi connectivity index (χ3v) is 8.45. The Morgan fingerprint density at radius 3 is 2.50 bits per heavy atom. The standard InChI is InChI=1S/C32H37ClFNO11/c1-3-17(9-10-42-19-6-4-5-18(33)13-19)28-24(37)22(34)32(46-28)45-21-8-7-16(12-20(21)36)11-15(2)31(41)35-23-25(38)27(40)30-29(26(23)39)43-14-44-30/h4-9,11-13,22-30,32,36-40H,3,10,14H2,1-2H3,(H,35,41)/b15-11+,17-9+/t22-,23+,24-,25-,26+,27+,28+,29-,30+,32+/m0/s1. The number of fused-ring (bicyclic) bond motifs is 1. The van der Waals surface area contributed by atoms with Crippen LogP contribution in [0, 0.1) is 0 Å². The molecule has 250 valence electrons. The molecule has 0 unspecified atom stereocenters. The van der Waals surface area contributed by atoms with Crippen LogP contribution >= 0.6 is 11.6 Å². The molecule has 5 rings (SSSR count). The lowest BCUT2D eigenvalue weighted by atomic mass is 9.83. The van der Waals surface area contributed by atoms with Crippen molar-refractivity contribution >= 4 is 23.6 Å². The van der Waals surface area contributed by atoms with E-state index in [1.807, 2.05) is 6.92 Å². The van der Waals surface area contributed by atoms with Gasteiger partial charge in [0.1, 0.15) is 61.9 Å². The van der Waals surface area contributed by atoms with Crippen LogP contribution < -0.4 is 14.8 Å². The van der Waals surface area contributed by atoms with E-state index in [2.05, 4.69) is 5.32 Å². The van der Waals surface area contributed by atoms with Gasteiger partial charge in [-0.3, -0.25) is 4.79 Å². The zero-order valence-electron chi connectivity index (χ0n) is 25.0. The highest BCUT2D eigenvalue weighted by Crippen LogP contribution is 2.36. The van der Waals surface area contributed by atoms with Crippen LogP contribution in [-0.2, 0) is 19.0 Å². The summed E-state index contributed by atoms with van der Waals surface area (Å²) >= 11 is 5.98. The van der Waals surface area contributed by atoms with Crippen molar-refractivity contribution in [2.75, 3.05) is 13.4 Å². The molecule has 0 aromatic heterocycles. The average Bonchev–Trinajstić information content (AvgIpc) is 3.63. The summed E-state index contributed by atoms with van der Waals surface area (Å²) in [5.41, 5.74) is 1.14. The Morgan fingerprint density at radius 1 is 1.07 bits per heavy atom. The predicted molar refractivity (Wildman–Crippen MR) is 162 cm³/mol. The van der Waals surface area contributed by atoms with Crippen molar-refractivity contribution in [1.29, 1.82) is 0 Å². The van der Waals surface area contributed by atoms with Gasteiger partial charge in [-0.1, -0.05) is 30.7 Å². The molecule has 0 spiro atoms. The van der Waals surface area contributed by atoms with Gasteiger partial charge in [-0.2, -0.15) is 0 Å². The molecule has 3 fully saturated rings. The Labute approximate surface area is 269 Å². The Balaban J connectivity index is 1.19. The molecule has 1 aliphatic carbocycles. The first-order valence-electron chi connectivity index (χ1n) is 14.8. The Morgan fingerprint density at radius 2 is 1.80 bits per heavy atom. The minimum absolute atomic E-state index is 0.109. The lowest BCUT2D eigenvalue weighted by Crippen LogP contribution is -2.67. The Bertz CT molecular complexity index is 1460. The van der Waals surface area contributed by atoms with Crippen molar-refractivity contribution < 1.29 is 58.4 Å². The molecule has 2 aromatic carbocycles. The predicted octanol–water partition coefficient (Wildman–Crippen LogP) is 1.99. The normalized spacial score (nSPS) is 33.0. The van der Waals surface area contributed by atoms with Crippen LogP contribution in [0.25, 0.3) is 6.08 Å². The largest absolute Gasteiger partial charge is 0.504 e. The van der Waals surface area contributed by atoms with E-state index in [-0.39, 0.29) is 30.5 Å². The summed E-state index contributed by atoms with van der Waals surface area (Å²) in [4.78, 5) is 12.9. The van der Waals surface area contributed by atoms with Crippen LogP contribution in [0.1, 0.15) is 25.8 Å². The number of halogens is 2. The number of rotatable bonds is 10. The van der Waals surface area contributed by atoms with Gasteiger partial charge in [0, 0.05) is 10.6 Å². The molecule has 2 saturated heterocycles. The summed E-state index contributed by atoms with van der Waals surface area (Å²) in [6.07, 6.45) is -8.41. The number of aromatic hydroxyl groups is 1. The highest BCUT2D eigenvalue weighted by molar-refractivity contribution is 6.30. The van der Waals surface area contributed by atoms with Crippen molar-refractivity contribution in [3.8, 4) is 17.2 Å². The molecule has 2 heterocycles. The topological polar surface area (TPSA) is 176 Å². The summed E-state index contributed by atoms with van der Waals surface area (Å²) in [5, 5.41) is 55.6. The SMILES string of the molecule is CC/C(=C\COc1cccc(Cl)c1)[C@H]1O[C@@H](Oc2ccc(/C=C(\C)C(=O)N[C@@H]3[C@H](O)[C@@H](O)[C@H]4OCO[C@H]4[C@@H]3O)cc2O)[C@@H](F)[C@@H]1O. The van der Waals surface area contributed by atoms with Gasteiger partial charge in [-0.15, -0.1) is 0 Å². The van der Waals surface area contributed by atoms with Gasteiger partial charge in [-0.25, -0.2) is 4.39 Å². The van der Waals surface area contributed by atoms with E-state index in [0.717, 1.165) is 0 Å². The Hall–Kier alpha value is -3.27. The molecule has 12 nitrogen and oxygen atoms in total. The molecule has 46 heavy (non-hydrogen) atoms. The number of carbonyl (C=O) groups is 1. The highest BCUT2D eigenvalue weighted by Gasteiger charge is 2.53. The number of hydrogen-bond donors (Lipinski definition) is 6. The van der Waals surface area contributed by atoms with E-state index in [9.17, 15) is 30.3 Å². The van der Waals surface area contributed by atoms with Gasteiger partial charge in [-0.05, 0) is 67.0 Å². The maximum atomic E-state index is 15.1. The molecular formula is C32H37ClFNO11. The second-order valence-electron chi connectivity index (χ2n) is 11.3. The van der Waals surface area contributed by atoms with E-state index in [4.69, 9.17) is 35.3 Å². The summed E-state index contributed by atoms with van der Waals surface area (Å²) in [5.74, 6) is -0.579. The van der Waals surface area contributed by atoms with Gasteiger partial charge in [0.2, 0.25) is 12.2 Å². The number of phenols is 1. The van der Waals surface area contributed by atoms with Crippen LogP contribution in [0.15, 0.2) is 59.7 Å². The zero-order valence-corrected chi connectivity index (χ0v) is 25.8. The lowest BCUT2D eigenvalue weighted by molar-refractivity contribution is -0.155. The van der Waals surface area contributed by atoms with Crippen LogP contribution in [0.5, 0.6) is 17.2 Å². The number of alkyl halides is 1. The minimum atomic E-state index is -1.92. The molecule has 2 aromatic rings. The monoisotopic (exact) mass is 665 g/mol. The van der Waals surface area contributed by atoms with E-state index < -0.39 is 67.1 Å². The van der Waals surface area contributed by atoms with Crippen molar-refractivity contribution in [2.45, 2.75) is 81.5 Å². The second-order valence-corrected chi connectivity index (χ2v) is 11.7. The molecule has 0 radical (unpaired) electrons. The van der Waals surface area contributed by atoms with Gasteiger partial charge in [0.15, 0.2) is 17.7 Å². The minimum Gasteiger partial charge on any atom is -0.504 e. The first kappa shape index (κ1) is 34.1. The summed E-state index contributed by atoms with van der Waals surface area (Å²) in [6, 6.07) is 9.79. The maximum Gasteiger partial charge on any atom is 0.247 e. The zero-order chi connectivity index (χ0) is 33.1. The number of aliphatic hydroxyl groups is 4. The molecule has 1 saturated carbocycles. The van der Waals surface area contributed by atoms with E-state index >= 15 is 4.39 Å². The summed E-state index contributed by atoms with van der Waals surface area (Å²) in [6.45, 7) is 3.30. The fraction of sp³-hybridized carbons (Fsp3) is 0.469. The molecule has 2 aliphatic heterocycles. The third-order valence-electron chi connectivity index (χ3n) is 8.21. The van der Waals surface area contributed by atoms with Crippen molar-refractivity contribution in [2.24, 2.45) is 0 Å². The maximum absolute atomic E-state index is 15.1. The fourth-order valence-corrected chi connectivity index (χ4v) is 5.86. The summed E-state index contributed by atoms with van der Waals surface area (Å²) in [7, 11) is 0. The van der Waals surface area contributed by atoms with Crippen LogP contribution in [0.2, 0.25) is 5.02 Å². The van der Waals surface area contributed by atoms with Crippen LogP contribution in [-0.4, -0.2) is 106 Å².